The van der Waals surface area contributed by atoms with Crippen molar-refractivity contribution in [1.82, 2.24) is 25.2 Å². The quantitative estimate of drug-likeness (QED) is 0.517. The highest BCUT2D eigenvalue weighted by atomic mass is 35.5. The van der Waals surface area contributed by atoms with Crippen LogP contribution >= 0.6 is 11.6 Å². The lowest BCUT2D eigenvalue weighted by atomic mass is 10.0. The molecular formula is C20H15ClFN7O. The number of nitrogens with one attached hydrogen (secondary N) is 1. The number of carbonyl (C=O) groups is 1. The first-order chi connectivity index (χ1) is 14.4. The maximum atomic E-state index is 14.4. The van der Waals surface area contributed by atoms with Gasteiger partial charge in [0.05, 0.1) is 5.56 Å². The van der Waals surface area contributed by atoms with Crippen LogP contribution in [0.3, 0.4) is 0 Å². The van der Waals surface area contributed by atoms with Crippen LogP contribution in [0.15, 0.2) is 54.7 Å². The Bertz CT molecular complexity index is 1260. The molecule has 30 heavy (non-hydrogen) atoms. The summed E-state index contributed by atoms with van der Waals surface area (Å²) >= 11 is 6.00. The zero-order valence-corrected chi connectivity index (χ0v) is 16.4. The van der Waals surface area contributed by atoms with E-state index in [4.69, 9.17) is 17.3 Å². The third-order valence-corrected chi connectivity index (χ3v) is 4.52. The summed E-state index contributed by atoms with van der Waals surface area (Å²) in [5.41, 5.74) is 8.73. The van der Waals surface area contributed by atoms with Gasteiger partial charge in [0.1, 0.15) is 17.3 Å². The summed E-state index contributed by atoms with van der Waals surface area (Å²) in [6.07, 6.45) is 1.60. The van der Waals surface area contributed by atoms with Crippen molar-refractivity contribution < 1.29 is 9.18 Å². The van der Waals surface area contributed by atoms with Gasteiger partial charge in [-0.15, -0.1) is 5.10 Å². The van der Waals surface area contributed by atoms with Crippen LogP contribution in [-0.4, -0.2) is 31.1 Å². The summed E-state index contributed by atoms with van der Waals surface area (Å²) < 4.78 is 15.6. The van der Waals surface area contributed by atoms with Crippen molar-refractivity contribution in [2.45, 2.75) is 6.92 Å². The van der Waals surface area contributed by atoms with Crippen LogP contribution < -0.4 is 11.1 Å². The molecule has 2 aromatic carbocycles. The maximum Gasteiger partial charge on any atom is 0.221 e. The van der Waals surface area contributed by atoms with E-state index in [2.05, 4.69) is 25.8 Å². The standard InChI is InChI=1S/C20H15ClFN7O/c1-11(30)25-15-4-2-3-12(7-15)13-8-16(19(23)24-10-13)20-26-27-28-29(20)18-9-14(21)5-6-17(18)22/h2-10H,1H3,(H2,23,24)(H,25,30). The predicted molar refractivity (Wildman–Crippen MR) is 112 cm³/mol. The second kappa shape index (κ2) is 7.88. The molecule has 0 bridgehead atoms. The Morgan fingerprint density at radius 1 is 1.17 bits per heavy atom. The number of tetrazole rings is 1. The first-order valence-electron chi connectivity index (χ1n) is 8.80. The summed E-state index contributed by atoms with van der Waals surface area (Å²) in [5, 5.41) is 14.6. The zero-order valence-electron chi connectivity index (χ0n) is 15.7. The van der Waals surface area contributed by atoms with Gasteiger partial charge in [-0.1, -0.05) is 23.7 Å². The van der Waals surface area contributed by atoms with Gasteiger partial charge >= 0.3 is 0 Å². The molecule has 2 heterocycles. The highest BCUT2D eigenvalue weighted by Crippen LogP contribution is 2.31. The summed E-state index contributed by atoms with van der Waals surface area (Å²) in [6, 6.07) is 13.1. The first kappa shape index (κ1) is 19.5. The lowest BCUT2D eigenvalue weighted by molar-refractivity contribution is -0.114. The van der Waals surface area contributed by atoms with Crippen LogP contribution in [0, 0.1) is 5.82 Å². The molecule has 1 amide bonds. The molecule has 0 saturated heterocycles. The first-order valence-corrected chi connectivity index (χ1v) is 9.18. The Morgan fingerprint density at radius 2 is 2.00 bits per heavy atom. The summed E-state index contributed by atoms with van der Waals surface area (Å²) in [7, 11) is 0. The number of rotatable bonds is 4. The van der Waals surface area contributed by atoms with Crippen LogP contribution in [0.4, 0.5) is 15.9 Å². The van der Waals surface area contributed by atoms with Gasteiger partial charge in [0.15, 0.2) is 5.82 Å². The molecular weight excluding hydrogens is 409 g/mol. The van der Waals surface area contributed by atoms with Gasteiger partial charge in [-0.05, 0) is 52.4 Å². The Hall–Kier alpha value is -3.85. The smallest absolute Gasteiger partial charge is 0.221 e. The normalized spacial score (nSPS) is 10.8. The Balaban J connectivity index is 1.81. The van der Waals surface area contributed by atoms with Gasteiger partial charge in [-0.3, -0.25) is 4.79 Å². The minimum absolute atomic E-state index is 0.0833. The van der Waals surface area contributed by atoms with Gasteiger partial charge < -0.3 is 11.1 Å². The van der Waals surface area contributed by atoms with E-state index < -0.39 is 5.82 Å². The third-order valence-electron chi connectivity index (χ3n) is 4.28. The van der Waals surface area contributed by atoms with Crippen molar-refractivity contribution in [3.05, 3.63) is 65.6 Å². The molecule has 10 heteroatoms. The monoisotopic (exact) mass is 423 g/mol. The van der Waals surface area contributed by atoms with Gasteiger partial charge in [0, 0.05) is 29.4 Å². The third kappa shape index (κ3) is 3.83. The number of nitrogens with zero attached hydrogens (tertiary/aromatic N) is 5. The minimum atomic E-state index is -0.543. The average molecular weight is 424 g/mol. The van der Waals surface area contributed by atoms with Gasteiger partial charge in [0.25, 0.3) is 0 Å². The largest absolute Gasteiger partial charge is 0.383 e. The van der Waals surface area contributed by atoms with Crippen molar-refractivity contribution in [2.75, 3.05) is 11.1 Å². The average Bonchev–Trinajstić information content (AvgIpc) is 3.19. The maximum absolute atomic E-state index is 14.4. The molecule has 2 aromatic heterocycles. The fraction of sp³-hybridized carbons (Fsp3) is 0.0500. The second-order valence-electron chi connectivity index (χ2n) is 6.43. The molecule has 0 aliphatic carbocycles. The highest BCUT2D eigenvalue weighted by Gasteiger charge is 2.18. The molecule has 0 fully saturated rings. The molecule has 4 rings (SSSR count). The number of hydrogen-bond acceptors (Lipinski definition) is 6. The number of aromatic nitrogens is 5. The van der Waals surface area contributed by atoms with Gasteiger partial charge in [-0.2, -0.15) is 4.68 Å². The minimum Gasteiger partial charge on any atom is -0.383 e. The molecule has 0 saturated carbocycles. The summed E-state index contributed by atoms with van der Waals surface area (Å²) in [6.45, 7) is 1.43. The Labute approximate surface area is 175 Å². The molecule has 0 radical (unpaired) electrons. The van der Waals surface area contributed by atoms with Crippen LogP contribution in [-0.2, 0) is 4.79 Å². The van der Waals surface area contributed by atoms with Crippen molar-refractivity contribution >= 4 is 29.0 Å². The van der Waals surface area contributed by atoms with Crippen LogP contribution in [0.25, 0.3) is 28.2 Å². The second-order valence-corrected chi connectivity index (χ2v) is 6.87. The van der Waals surface area contributed by atoms with E-state index in [1.807, 2.05) is 12.1 Å². The van der Waals surface area contributed by atoms with Crippen molar-refractivity contribution in [1.29, 1.82) is 0 Å². The van der Waals surface area contributed by atoms with Crippen LogP contribution in [0.2, 0.25) is 5.02 Å². The SMILES string of the molecule is CC(=O)Nc1cccc(-c2cnc(N)c(-c3nnnn3-c3cc(Cl)ccc3F)c2)c1. The number of carbonyl (C=O) groups excluding carboxylic acids is 1. The Kier molecular flexibility index (Phi) is 5.11. The van der Waals surface area contributed by atoms with E-state index >= 15 is 0 Å². The lowest BCUT2D eigenvalue weighted by Gasteiger charge is -2.10. The van der Waals surface area contributed by atoms with E-state index in [0.717, 1.165) is 5.56 Å². The molecule has 0 atom stereocenters. The van der Waals surface area contributed by atoms with Gasteiger partial charge in [-0.25, -0.2) is 9.37 Å². The number of benzene rings is 2. The molecule has 0 aliphatic rings. The molecule has 8 nitrogen and oxygen atoms in total. The molecule has 0 spiro atoms. The number of hydrogen-bond donors (Lipinski definition) is 2. The predicted octanol–water partition coefficient (Wildman–Crippen LogP) is 3.72. The molecule has 3 N–H and O–H groups in total. The number of pyridine rings is 1. The number of anilines is 2. The number of amides is 1. The summed E-state index contributed by atoms with van der Waals surface area (Å²) in [4.78, 5) is 15.6. The molecule has 0 aliphatic heterocycles. The number of halogens is 2. The van der Waals surface area contributed by atoms with Crippen molar-refractivity contribution in [3.8, 4) is 28.2 Å². The number of nitrogen functional groups attached to an aromatic ring is 1. The molecule has 150 valence electrons. The lowest BCUT2D eigenvalue weighted by Crippen LogP contribution is -2.06. The van der Waals surface area contributed by atoms with E-state index in [9.17, 15) is 9.18 Å². The van der Waals surface area contributed by atoms with E-state index in [0.29, 0.717) is 21.8 Å². The zero-order chi connectivity index (χ0) is 21.3. The Morgan fingerprint density at radius 3 is 2.80 bits per heavy atom. The van der Waals surface area contributed by atoms with Crippen LogP contribution in [0.5, 0.6) is 0 Å². The van der Waals surface area contributed by atoms with E-state index in [1.54, 1.807) is 24.4 Å². The van der Waals surface area contributed by atoms with Crippen LogP contribution in [0.1, 0.15) is 6.92 Å². The highest BCUT2D eigenvalue weighted by molar-refractivity contribution is 6.30. The van der Waals surface area contributed by atoms with E-state index in [-0.39, 0.29) is 23.2 Å². The topological polar surface area (TPSA) is 112 Å². The summed E-state index contributed by atoms with van der Waals surface area (Å²) in [5.74, 6) is -0.332. The molecule has 0 unspecified atom stereocenters. The fourth-order valence-electron chi connectivity index (χ4n) is 2.96. The van der Waals surface area contributed by atoms with Gasteiger partial charge in [0.2, 0.25) is 5.91 Å². The van der Waals surface area contributed by atoms with Crippen molar-refractivity contribution in [2.24, 2.45) is 0 Å². The fourth-order valence-corrected chi connectivity index (χ4v) is 3.12. The van der Waals surface area contributed by atoms with Crippen molar-refractivity contribution in [3.63, 3.8) is 0 Å². The van der Waals surface area contributed by atoms with E-state index in [1.165, 1.54) is 29.8 Å². The molecule has 4 aromatic rings. The number of nitrogens with two attached hydrogens (primary N) is 1.